The van der Waals surface area contributed by atoms with Gasteiger partial charge in [-0.25, -0.2) is 4.79 Å². The van der Waals surface area contributed by atoms with Gasteiger partial charge >= 0.3 is 5.97 Å². The average Bonchev–Trinajstić information content (AvgIpc) is 2.74. The van der Waals surface area contributed by atoms with E-state index < -0.39 is 5.97 Å². The van der Waals surface area contributed by atoms with Gasteiger partial charge in [-0.05, 0) is 92.0 Å². The molecule has 1 aliphatic rings. The Bertz CT molecular complexity index is 1010. The van der Waals surface area contributed by atoms with Crippen LogP contribution in [0, 0.1) is 6.92 Å². The summed E-state index contributed by atoms with van der Waals surface area (Å²) < 4.78 is 0. The summed E-state index contributed by atoms with van der Waals surface area (Å²) in [4.78, 5) is 18.1. The van der Waals surface area contributed by atoms with E-state index in [0.29, 0.717) is 11.5 Å². The zero-order valence-electron chi connectivity index (χ0n) is 16.6. The third-order valence-corrected chi connectivity index (χ3v) is 6.70. The molecule has 0 aliphatic heterocycles. The van der Waals surface area contributed by atoms with Crippen LogP contribution in [0.3, 0.4) is 0 Å². The van der Waals surface area contributed by atoms with Crippen LogP contribution in [0.1, 0.15) is 57.8 Å². The standard InChI is InChI=1S/C25H25NO2S/c1-17-5-9-21(10-6-17)29-22-11-12-23-18(3-2-4-19(23)15-22)7-8-20-16-26-14-13-24(20)25(27)28/h5-6,9-16,18H,2-4,7-8H2,1H3,(H,27,28)/t18-/m1/s1. The summed E-state index contributed by atoms with van der Waals surface area (Å²) in [7, 11) is 0. The molecule has 1 N–H and O–H groups in total. The van der Waals surface area contributed by atoms with Crippen molar-refractivity contribution in [3.05, 3.63) is 88.7 Å². The molecule has 4 heteroatoms. The molecule has 1 heterocycles. The van der Waals surface area contributed by atoms with Gasteiger partial charge in [-0.15, -0.1) is 0 Å². The molecule has 1 atom stereocenters. The van der Waals surface area contributed by atoms with Gasteiger partial charge < -0.3 is 5.11 Å². The number of benzene rings is 2. The molecule has 0 bridgehead atoms. The SMILES string of the molecule is Cc1ccc(Sc2ccc3c(c2)CCC[C@@H]3CCc2cnccc2C(=O)O)cc1. The minimum Gasteiger partial charge on any atom is -0.478 e. The fraction of sp³-hybridized carbons (Fsp3) is 0.280. The zero-order chi connectivity index (χ0) is 20.2. The van der Waals surface area contributed by atoms with Crippen molar-refractivity contribution in [1.29, 1.82) is 0 Å². The number of aromatic carboxylic acids is 1. The van der Waals surface area contributed by atoms with Gasteiger partial charge in [0.1, 0.15) is 0 Å². The molecule has 1 aromatic heterocycles. The molecule has 1 aliphatic carbocycles. The van der Waals surface area contributed by atoms with Crippen molar-refractivity contribution in [3.63, 3.8) is 0 Å². The van der Waals surface area contributed by atoms with Crippen LogP contribution in [0.5, 0.6) is 0 Å². The summed E-state index contributed by atoms with van der Waals surface area (Å²) in [5, 5.41) is 9.40. The fourth-order valence-corrected chi connectivity index (χ4v) is 5.04. The molecule has 148 valence electrons. The first-order valence-electron chi connectivity index (χ1n) is 10.1. The molecular weight excluding hydrogens is 378 g/mol. The van der Waals surface area contributed by atoms with E-state index in [9.17, 15) is 9.90 Å². The lowest BCUT2D eigenvalue weighted by Gasteiger charge is -2.26. The first-order valence-corrected chi connectivity index (χ1v) is 11.0. The van der Waals surface area contributed by atoms with Crippen molar-refractivity contribution in [2.24, 2.45) is 0 Å². The first-order chi connectivity index (χ1) is 14.1. The minimum absolute atomic E-state index is 0.376. The Kier molecular flexibility index (Phi) is 6.00. The molecule has 3 nitrogen and oxygen atoms in total. The van der Waals surface area contributed by atoms with Gasteiger partial charge in [0.15, 0.2) is 0 Å². The first kappa shape index (κ1) is 19.7. The third-order valence-electron chi connectivity index (χ3n) is 5.71. The van der Waals surface area contributed by atoms with Gasteiger partial charge in [-0.1, -0.05) is 35.5 Å². The van der Waals surface area contributed by atoms with Gasteiger partial charge in [0.05, 0.1) is 5.56 Å². The molecular formula is C25H25NO2S. The maximum atomic E-state index is 11.4. The van der Waals surface area contributed by atoms with Gasteiger partial charge in [0.25, 0.3) is 0 Å². The van der Waals surface area contributed by atoms with Crippen LogP contribution in [0.4, 0.5) is 0 Å². The number of hydrogen-bond donors (Lipinski definition) is 1. The second-order valence-corrected chi connectivity index (χ2v) is 8.89. The van der Waals surface area contributed by atoms with Crippen molar-refractivity contribution in [2.45, 2.75) is 54.7 Å². The topological polar surface area (TPSA) is 50.2 Å². The second-order valence-electron chi connectivity index (χ2n) is 7.74. The summed E-state index contributed by atoms with van der Waals surface area (Å²) in [6, 6.07) is 17.1. The molecule has 0 saturated carbocycles. The highest BCUT2D eigenvalue weighted by molar-refractivity contribution is 7.99. The number of aryl methyl sites for hydroxylation is 3. The van der Waals surface area contributed by atoms with Gasteiger partial charge in [-0.3, -0.25) is 4.98 Å². The molecule has 0 unspecified atom stereocenters. The highest BCUT2D eigenvalue weighted by atomic mass is 32.2. The highest BCUT2D eigenvalue weighted by Crippen LogP contribution is 2.38. The molecule has 0 fully saturated rings. The van der Waals surface area contributed by atoms with E-state index in [1.54, 1.807) is 18.5 Å². The second kappa shape index (κ2) is 8.83. The van der Waals surface area contributed by atoms with Crippen LogP contribution in [0.15, 0.2) is 70.7 Å². The number of fused-ring (bicyclic) bond motifs is 1. The lowest BCUT2D eigenvalue weighted by atomic mass is 9.80. The molecule has 0 spiro atoms. The van der Waals surface area contributed by atoms with Crippen molar-refractivity contribution < 1.29 is 9.90 Å². The van der Waals surface area contributed by atoms with Crippen molar-refractivity contribution in [1.82, 2.24) is 4.98 Å². The molecule has 3 aromatic rings. The summed E-state index contributed by atoms with van der Waals surface area (Å²) in [5.74, 6) is -0.386. The summed E-state index contributed by atoms with van der Waals surface area (Å²) in [5.41, 5.74) is 5.37. The Morgan fingerprint density at radius 2 is 1.93 bits per heavy atom. The van der Waals surface area contributed by atoms with Crippen LogP contribution in [0.25, 0.3) is 0 Å². The molecule has 29 heavy (non-hydrogen) atoms. The average molecular weight is 404 g/mol. The summed E-state index contributed by atoms with van der Waals surface area (Å²) in [6.07, 6.45) is 8.45. The van der Waals surface area contributed by atoms with Gasteiger partial charge in [0.2, 0.25) is 0 Å². The predicted octanol–water partition coefficient (Wildman–Crippen LogP) is 6.29. The molecule has 0 radical (unpaired) electrons. The largest absolute Gasteiger partial charge is 0.478 e. The molecule has 0 amide bonds. The quantitative estimate of drug-likeness (QED) is 0.525. The van der Waals surface area contributed by atoms with Crippen molar-refractivity contribution >= 4 is 17.7 Å². The predicted molar refractivity (Wildman–Crippen MR) is 117 cm³/mol. The van der Waals surface area contributed by atoms with Crippen LogP contribution < -0.4 is 0 Å². The number of aromatic nitrogens is 1. The van der Waals surface area contributed by atoms with Crippen LogP contribution in [-0.4, -0.2) is 16.1 Å². The Labute approximate surface area is 176 Å². The summed E-state index contributed by atoms with van der Waals surface area (Å²) >= 11 is 1.81. The van der Waals surface area contributed by atoms with E-state index >= 15 is 0 Å². The van der Waals surface area contributed by atoms with E-state index in [0.717, 1.165) is 24.8 Å². The lowest BCUT2D eigenvalue weighted by molar-refractivity contribution is 0.0695. The minimum atomic E-state index is -0.871. The maximum Gasteiger partial charge on any atom is 0.336 e. The normalized spacial score (nSPS) is 15.7. The zero-order valence-corrected chi connectivity index (χ0v) is 17.4. The van der Waals surface area contributed by atoms with E-state index in [4.69, 9.17) is 0 Å². The lowest BCUT2D eigenvalue weighted by Crippen LogP contribution is -2.12. The van der Waals surface area contributed by atoms with Crippen LogP contribution in [0.2, 0.25) is 0 Å². The monoisotopic (exact) mass is 403 g/mol. The van der Waals surface area contributed by atoms with Gasteiger partial charge in [-0.2, -0.15) is 0 Å². The number of nitrogens with zero attached hydrogens (tertiary/aromatic N) is 1. The summed E-state index contributed by atoms with van der Waals surface area (Å²) in [6.45, 7) is 2.11. The van der Waals surface area contributed by atoms with E-state index in [1.165, 1.54) is 39.3 Å². The molecule has 4 rings (SSSR count). The Morgan fingerprint density at radius 3 is 2.72 bits per heavy atom. The number of pyridine rings is 1. The van der Waals surface area contributed by atoms with Crippen molar-refractivity contribution in [2.75, 3.05) is 0 Å². The number of carbonyl (C=O) groups is 1. The van der Waals surface area contributed by atoms with Gasteiger partial charge in [0, 0.05) is 22.2 Å². The number of rotatable bonds is 6. The number of hydrogen-bond acceptors (Lipinski definition) is 3. The van der Waals surface area contributed by atoms with E-state index in [-0.39, 0.29) is 0 Å². The van der Waals surface area contributed by atoms with E-state index in [1.807, 2.05) is 11.8 Å². The molecule has 0 saturated heterocycles. The van der Waals surface area contributed by atoms with E-state index in [2.05, 4.69) is 54.4 Å². The van der Waals surface area contributed by atoms with Crippen LogP contribution in [-0.2, 0) is 12.8 Å². The number of carboxylic acid groups (broad SMARTS) is 1. The van der Waals surface area contributed by atoms with Crippen LogP contribution >= 0.6 is 11.8 Å². The smallest absolute Gasteiger partial charge is 0.336 e. The Morgan fingerprint density at radius 1 is 1.14 bits per heavy atom. The Balaban J connectivity index is 1.48. The highest BCUT2D eigenvalue weighted by Gasteiger charge is 2.21. The van der Waals surface area contributed by atoms with Crippen molar-refractivity contribution in [3.8, 4) is 0 Å². The molecule has 2 aromatic carbocycles. The fourth-order valence-electron chi connectivity index (χ4n) is 4.16. The third kappa shape index (κ3) is 4.70. The Hall–Kier alpha value is -2.59. The number of carboxylic acids is 1. The maximum absolute atomic E-state index is 11.4.